The maximum absolute atomic E-state index is 10.5. The predicted molar refractivity (Wildman–Crippen MR) is 53.6 cm³/mol. The molecule has 0 bridgehead atoms. The number of aliphatic hydroxyl groups excluding tert-OH is 5. The Morgan fingerprint density at radius 2 is 1.44 bits per heavy atom. The van der Waals surface area contributed by atoms with Gasteiger partial charge in [0.2, 0.25) is 0 Å². The fourth-order valence-electron chi connectivity index (χ4n) is 0.602. The number of hydrogen-bond acceptors (Lipinski definition) is 7. The minimum absolute atomic E-state index is 0.167. The van der Waals surface area contributed by atoms with E-state index in [4.69, 9.17) is 25.5 Å². The Hall–Kier alpha value is -0.860. The smallest absolute Gasteiger partial charge is 0.189 e. The number of carbonyl (C=O) groups is 2. The lowest BCUT2D eigenvalue weighted by Gasteiger charge is -2.19. The molecule has 3 unspecified atom stereocenters. The van der Waals surface area contributed by atoms with E-state index in [1.807, 2.05) is 0 Å². The van der Waals surface area contributed by atoms with Gasteiger partial charge in [0.05, 0.1) is 6.61 Å². The average molecular weight is 238 g/mol. The van der Waals surface area contributed by atoms with Crippen LogP contribution < -0.4 is 0 Å². The summed E-state index contributed by atoms with van der Waals surface area (Å²) in [6, 6.07) is 0. The molecule has 16 heavy (non-hydrogen) atoms. The Labute approximate surface area is 93.0 Å². The van der Waals surface area contributed by atoms with Crippen molar-refractivity contribution in [2.24, 2.45) is 0 Å². The van der Waals surface area contributed by atoms with Crippen molar-refractivity contribution in [1.29, 1.82) is 0 Å². The largest absolute Gasteiger partial charge is 0.394 e. The van der Waals surface area contributed by atoms with Crippen LogP contribution in [0.25, 0.3) is 0 Å². The van der Waals surface area contributed by atoms with Gasteiger partial charge in [-0.25, -0.2) is 0 Å². The number of hydrogen-bond donors (Lipinski definition) is 5. The Morgan fingerprint density at radius 3 is 1.69 bits per heavy atom. The molecule has 0 rings (SSSR count). The minimum Gasteiger partial charge on any atom is -0.394 e. The predicted octanol–water partition coefficient (Wildman–Crippen LogP) is -2.78. The highest BCUT2D eigenvalue weighted by molar-refractivity contribution is 5.84. The topological polar surface area (TPSA) is 135 Å². The molecule has 96 valence electrons. The van der Waals surface area contributed by atoms with Crippen molar-refractivity contribution >= 4 is 11.6 Å². The summed E-state index contributed by atoms with van der Waals surface area (Å²) in [4.78, 5) is 20.0. The summed E-state index contributed by atoms with van der Waals surface area (Å²) in [5, 5.41) is 43.1. The van der Waals surface area contributed by atoms with Crippen molar-refractivity contribution in [2.75, 3.05) is 13.2 Å². The first-order valence-corrected chi connectivity index (χ1v) is 4.53. The molecule has 0 amide bonds. The highest BCUT2D eigenvalue weighted by atomic mass is 16.4. The van der Waals surface area contributed by atoms with E-state index in [1.165, 1.54) is 13.8 Å². The van der Waals surface area contributed by atoms with Crippen molar-refractivity contribution < 1.29 is 35.1 Å². The molecule has 0 aromatic heterocycles. The molecule has 7 nitrogen and oxygen atoms in total. The van der Waals surface area contributed by atoms with Crippen LogP contribution in [0.2, 0.25) is 0 Å². The molecule has 0 spiro atoms. The van der Waals surface area contributed by atoms with E-state index in [0.717, 1.165) is 0 Å². The van der Waals surface area contributed by atoms with Gasteiger partial charge in [0.15, 0.2) is 5.78 Å². The van der Waals surface area contributed by atoms with Gasteiger partial charge in [-0.15, -0.1) is 0 Å². The van der Waals surface area contributed by atoms with Gasteiger partial charge in [0, 0.05) is 0 Å². The zero-order valence-corrected chi connectivity index (χ0v) is 9.20. The van der Waals surface area contributed by atoms with Crippen molar-refractivity contribution in [1.82, 2.24) is 0 Å². The van der Waals surface area contributed by atoms with Crippen LogP contribution in [0.5, 0.6) is 0 Å². The van der Waals surface area contributed by atoms with E-state index < -0.39 is 37.3 Å². The monoisotopic (exact) mass is 238 g/mol. The van der Waals surface area contributed by atoms with E-state index in [2.05, 4.69) is 0 Å². The molecular formula is C9H18O7. The molecule has 0 radical (unpaired) electrons. The highest BCUT2D eigenvalue weighted by Crippen LogP contribution is 2.00. The van der Waals surface area contributed by atoms with E-state index >= 15 is 0 Å². The van der Waals surface area contributed by atoms with E-state index in [1.54, 1.807) is 0 Å². The van der Waals surface area contributed by atoms with Gasteiger partial charge in [0.25, 0.3) is 0 Å². The lowest BCUT2D eigenvalue weighted by Crippen LogP contribution is -2.44. The van der Waals surface area contributed by atoms with Gasteiger partial charge < -0.3 is 30.3 Å². The minimum atomic E-state index is -1.86. The molecule has 0 saturated heterocycles. The summed E-state index contributed by atoms with van der Waals surface area (Å²) < 4.78 is 0. The maximum Gasteiger partial charge on any atom is 0.189 e. The molecule has 0 aromatic rings. The van der Waals surface area contributed by atoms with Crippen LogP contribution in [0, 0.1) is 0 Å². The molecule has 0 aliphatic rings. The van der Waals surface area contributed by atoms with Crippen LogP contribution in [0.1, 0.15) is 13.8 Å². The van der Waals surface area contributed by atoms with Crippen LogP contribution >= 0.6 is 0 Å². The lowest BCUT2D eigenvalue weighted by atomic mass is 10.1. The van der Waals surface area contributed by atoms with E-state index in [-0.39, 0.29) is 5.78 Å². The molecule has 3 atom stereocenters. The van der Waals surface area contributed by atoms with Crippen molar-refractivity contribution in [3.8, 4) is 0 Å². The molecule has 0 fully saturated rings. The summed E-state index contributed by atoms with van der Waals surface area (Å²) in [5.74, 6) is -0.838. The fraction of sp³-hybridized carbons (Fsp3) is 0.778. The van der Waals surface area contributed by atoms with Crippen LogP contribution in [0.4, 0.5) is 0 Å². The first-order valence-electron chi connectivity index (χ1n) is 4.53. The summed E-state index contributed by atoms with van der Waals surface area (Å²) in [5.41, 5.74) is 0. The SMILES string of the molecule is CC(C)=O.O=C(CO)C(O)C(O)C(O)CO. The van der Waals surface area contributed by atoms with E-state index in [9.17, 15) is 9.59 Å². The first kappa shape index (κ1) is 17.5. The van der Waals surface area contributed by atoms with Crippen LogP contribution in [-0.4, -0.2) is 68.6 Å². The number of aliphatic hydroxyl groups is 5. The highest BCUT2D eigenvalue weighted by Gasteiger charge is 2.28. The number of Topliss-reactive ketones (excluding diaryl/α,β-unsaturated/α-hetero) is 2. The molecule has 0 heterocycles. The zero-order valence-electron chi connectivity index (χ0n) is 9.20. The molecule has 5 N–H and O–H groups in total. The molecular weight excluding hydrogens is 220 g/mol. The second kappa shape index (κ2) is 9.37. The van der Waals surface area contributed by atoms with Crippen LogP contribution in [0.3, 0.4) is 0 Å². The Morgan fingerprint density at radius 1 is 1.06 bits per heavy atom. The summed E-state index contributed by atoms with van der Waals surface area (Å²) in [7, 11) is 0. The number of rotatable bonds is 5. The third kappa shape index (κ3) is 8.45. The summed E-state index contributed by atoms with van der Waals surface area (Å²) in [6.07, 6.45) is -5.22. The Balaban J connectivity index is 0. The molecule has 0 aromatic carbocycles. The van der Waals surface area contributed by atoms with Gasteiger partial charge in [-0.2, -0.15) is 0 Å². The van der Waals surface area contributed by atoms with Gasteiger partial charge in [-0.05, 0) is 13.8 Å². The lowest BCUT2D eigenvalue weighted by molar-refractivity contribution is -0.142. The van der Waals surface area contributed by atoms with Gasteiger partial charge >= 0.3 is 0 Å². The van der Waals surface area contributed by atoms with Gasteiger partial charge in [-0.1, -0.05) is 0 Å². The summed E-state index contributed by atoms with van der Waals surface area (Å²) >= 11 is 0. The van der Waals surface area contributed by atoms with Crippen molar-refractivity contribution in [2.45, 2.75) is 32.2 Å². The Bertz CT molecular complexity index is 212. The quantitative estimate of drug-likeness (QED) is 0.349. The average Bonchev–Trinajstić information content (AvgIpc) is 2.24. The zero-order chi connectivity index (χ0) is 13.3. The van der Waals surface area contributed by atoms with Gasteiger partial charge in [-0.3, -0.25) is 4.79 Å². The summed E-state index contributed by atoms with van der Waals surface area (Å²) in [6.45, 7) is 1.37. The fourth-order valence-corrected chi connectivity index (χ4v) is 0.602. The molecule has 0 aliphatic heterocycles. The maximum atomic E-state index is 10.5. The normalized spacial score (nSPS) is 15.4. The molecule has 0 saturated carbocycles. The van der Waals surface area contributed by atoms with Crippen LogP contribution in [0.15, 0.2) is 0 Å². The first-order chi connectivity index (χ1) is 7.27. The Kier molecular flexibility index (Phi) is 10.3. The van der Waals surface area contributed by atoms with Crippen LogP contribution in [-0.2, 0) is 9.59 Å². The van der Waals surface area contributed by atoms with Crippen molar-refractivity contribution in [3.63, 3.8) is 0 Å². The third-order valence-corrected chi connectivity index (χ3v) is 1.39. The standard InChI is InChI=1S/C6H12O6.C3H6O/c7-1-3(9)5(11)6(12)4(10)2-8;1-3(2)4/h3,5-9,11-12H,1-2H2;1-2H3. The molecule has 0 aliphatic carbocycles. The second-order valence-corrected chi connectivity index (χ2v) is 3.22. The van der Waals surface area contributed by atoms with Crippen molar-refractivity contribution in [3.05, 3.63) is 0 Å². The second-order valence-electron chi connectivity index (χ2n) is 3.22. The molecule has 7 heteroatoms. The number of ketones is 2. The van der Waals surface area contributed by atoms with E-state index in [0.29, 0.717) is 0 Å². The van der Waals surface area contributed by atoms with Gasteiger partial charge in [0.1, 0.15) is 30.7 Å². The number of carbonyl (C=O) groups excluding carboxylic acids is 2. The third-order valence-electron chi connectivity index (χ3n) is 1.39.